The molecule has 0 unspecified atom stereocenters. The van der Waals surface area contributed by atoms with Crippen molar-refractivity contribution in [3.05, 3.63) is 48.0 Å². The zero-order chi connectivity index (χ0) is 16.2. The van der Waals surface area contributed by atoms with Crippen LogP contribution in [0.2, 0.25) is 0 Å². The van der Waals surface area contributed by atoms with Crippen molar-refractivity contribution in [1.29, 1.82) is 0 Å². The van der Waals surface area contributed by atoms with Crippen molar-refractivity contribution in [1.82, 2.24) is 10.2 Å². The van der Waals surface area contributed by atoms with E-state index in [4.69, 9.17) is 12.2 Å². The van der Waals surface area contributed by atoms with E-state index in [-0.39, 0.29) is 0 Å². The number of nitrogens with zero attached hydrogens (tertiary/aromatic N) is 1. The Morgan fingerprint density at radius 1 is 1.13 bits per heavy atom. The molecule has 1 aliphatic heterocycles. The maximum Gasteiger partial charge on any atom is 0.169 e. The van der Waals surface area contributed by atoms with Crippen molar-refractivity contribution < 1.29 is 4.90 Å². The quantitative estimate of drug-likeness (QED) is 0.839. The van der Waals surface area contributed by atoms with E-state index in [0.717, 1.165) is 37.8 Å². The molecule has 0 saturated carbocycles. The molecule has 0 amide bonds. The van der Waals surface area contributed by atoms with Gasteiger partial charge in [0.25, 0.3) is 0 Å². The fourth-order valence-corrected chi connectivity index (χ4v) is 3.68. The highest BCUT2D eigenvalue weighted by molar-refractivity contribution is 7.80. The second-order valence-electron chi connectivity index (χ2n) is 6.66. The molecule has 2 aromatic rings. The Kier molecular flexibility index (Phi) is 5.13. The molecule has 23 heavy (non-hydrogen) atoms. The first-order chi connectivity index (χ1) is 11.1. The summed E-state index contributed by atoms with van der Waals surface area (Å²) in [6.45, 7) is 9.73. The highest BCUT2D eigenvalue weighted by Gasteiger charge is 2.22. The standard InChI is InChI=1S/C19H25N3S/c1-15(2)20-19(23)22-12-10-21(11-13-22)14-17-8-5-7-16-6-3-4-9-18(16)17/h3-9,15H,10-14H2,1-2H3,(H,20,23)/p+1. The van der Waals surface area contributed by atoms with Crippen LogP contribution >= 0.6 is 12.2 Å². The Hall–Kier alpha value is -1.65. The summed E-state index contributed by atoms with van der Waals surface area (Å²) in [7, 11) is 0. The third kappa shape index (κ3) is 4.01. The van der Waals surface area contributed by atoms with Gasteiger partial charge in [-0.1, -0.05) is 42.5 Å². The van der Waals surface area contributed by atoms with Gasteiger partial charge in [0.05, 0.1) is 26.2 Å². The summed E-state index contributed by atoms with van der Waals surface area (Å²) >= 11 is 5.49. The molecular formula is C19H26N3S+. The summed E-state index contributed by atoms with van der Waals surface area (Å²) < 4.78 is 0. The van der Waals surface area contributed by atoms with E-state index in [1.165, 1.54) is 16.3 Å². The fraction of sp³-hybridized carbons (Fsp3) is 0.421. The Bertz CT molecular complexity index is 670. The number of hydrogen-bond donors (Lipinski definition) is 2. The van der Waals surface area contributed by atoms with Crippen LogP contribution < -0.4 is 10.2 Å². The number of nitrogens with one attached hydrogen (secondary N) is 2. The van der Waals surface area contributed by atoms with E-state index in [1.807, 2.05) is 0 Å². The molecule has 3 nitrogen and oxygen atoms in total. The first-order valence-corrected chi connectivity index (χ1v) is 8.90. The molecule has 1 saturated heterocycles. The molecule has 2 N–H and O–H groups in total. The minimum atomic E-state index is 0.406. The highest BCUT2D eigenvalue weighted by atomic mass is 32.1. The first-order valence-electron chi connectivity index (χ1n) is 8.49. The van der Waals surface area contributed by atoms with Gasteiger partial charge in [-0.2, -0.15) is 0 Å². The van der Waals surface area contributed by atoms with Crippen LogP contribution in [0.5, 0.6) is 0 Å². The molecule has 2 aromatic carbocycles. The van der Waals surface area contributed by atoms with Crippen LogP contribution in [0.15, 0.2) is 42.5 Å². The zero-order valence-electron chi connectivity index (χ0n) is 14.0. The lowest BCUT2D eigenvalue weighted by Gasteiger charge is -2.34. The van der Waals surface area contributed by atoms with E-state index in [9.17, 15) is 0 Å². The van der Waals surface area contributed by atoms with E-state index >= 15 is 0 Å². The van der Waals surface area contributed by atoms with Gasteiger partial charge in [0.15, 0.2) is 5.11 Å². The molecule has 3 rings (SSSR count). The van der Waals surface area contributed by atoms with Gasteiger partial charge in [-0.05, 0) is 36.8 Å². The Balaban J connectivity index is 1.61. The Morgan fingerprint density at radius 2 is 1.83 bits per heavy atom. The number of hydrogen-bond acceptors (Lipinski definition) is 1. The highest BCUT2D eigenvalue weighted by Crippen LogP contribution is 2.17. The second kappa shape index (κ2) is 7.28. The molecule has 0 aliphatic carbocycles. The van der Waals surface area contributed by atoms with E-state index in [1.54, 1.807) is 4.90 Å². The molecule has 4 heteroatoms. The number of benzene rings is 2. The van der Waals surface area contributed by atoms with Gasteiger partial charge in [-0.15, -0.1) is 0 Å². The van der Waals surface area contributed by atoms with E-state index in [2.05, 4.69) is 66.5 Å². The lowest BCUT2D eigenvalue weighted by atomic mass is 10.0. The minimum Gasteiger partial charge on any atom is -0.360 e. The van der Waals surface area contributed by atoms with Crippen LogP contribution in [0, 0.1) is 0 Å². The molecule has 0 radical (unpaired) electrons. The largest absolute Gasteiger partial charge is 0.360 e. The second-order valence-corrected chi connectivity index (χ2v) is 7.04. The number of piperazine rings is 1. The number of thiocarbonyl (C=S) groups is 1. The average Bonchev–Trinajstić information content (AvgIpc) is 2.55. The smallest absolute Gasteiger partial charge is 0.169 e. The number of quaternary nitrogens is 1. The number of fused-ring (bicyclic) bond motifs is 1. The molecule has 122 valence electrons. The van der Waals surface area contributed by atoms with Crippen molar-refractivity contribution in [3.63, 3.8) is 0 Å². The van der Waals surface area contributed by atoms with Gasteiger partial charge in [0.2, 0.25) is 0 Å². The van der Waals surface area contributed by atoms with Gasteiger partial charge < -0.3 is 15.1 Å². The summed E-state index contributed by atoms with van der Waals surface area (Å²) in [6.07, 6.45) is 0. The van der Waals surface area contributed by atoms with Crippen molar-refractivity contribution in [2.24, 2.45) is 0 Å². The van der Waals surface area contributed by atoms with Crippen LogP contribution in [0.3, 0.4) is 0 Å². The zero-order valence-corrected chi connectivity index (χ0v) is 14.8. The molecular weight excluding hydrogens is 302 g/mol. The number of rotatable bonds is 3. The first kappa shape index (κ1) is 16.2. The molecule has 0 spiro atoms. The monoisotopic (exact) mass is 328 g/mol. The lowest BCUT2D eigenvalue weighted by Crippen LogP contribution is -3.13. The molecule has 0 atom stereocenters. The third-order valence-electron chi connectivity index (χ3n) is 4.49. The maximum atomic E-state index is 5.49. The van der Waals surface area contributed by atoms with Crippen LogP contribution in [0.4, 0.5) is 0 Å². The predicted molar refractivity (Wildman–Crippen MR) is 101 cm³/mol. The topological polar surface area (TPSA) is 19.7 Å². The molecule has 1 fully saturated rings. The van der Waals surface area contributed by atoms with E-state index in [0.29, 0.717) is 6.04 Å². The molecule has 1 aliphatic rings. The maximum absolute atomic E-state index is 5.49. The van der Waals surface area contributed by atoms with Gasteiger partial charge in [0, 0.05) is 11.6 Å². The minimum absolute atomic E-state index is 0.406. The molecule has 1 heterocycles. The van der Waals surface area contributed by atoms with Crippen molar-refractivity contribution in [2.75, 3.05) is 26.2 Å². The summed E-state index contributed by atoms with van der Waals surface area (Å²) in [6, 6.07) is 15.7. The fourth-order valence-electron chi connectivity index (χ4n) is 3.26. The van der Waals surface area contributed by atoms with Crippen LogP contribution in [0.1, 0.15) is 19.4 Å². The Labute approximate surface area is 144 Å². The predicted octanol–water partition coefficient (Wildman–Crippen LogP) is 1.82. The summed E-state index contributed by atoms with van der Waals surface area (Å²) in [4.78, 5) is 3.95. The van der Waals surface area contributed by atoms with Gasteiger partial charge >= 0.3 is 0 Å². The van der Waals surface area contributed by atoms with Gasteiger partial charge in [-0.25, -0.2) is 0 Å². The summed E-state index contributed by atoms with van der Waals surface area (Å²) in [5, 5.41) is 6.98. The summed E-state index contributed by atoms with van der Waals surface area (Å²) in [5.74, 6) is 0. The Morgan fingerprint density at radius 3 is 2.57 bits per heavy atom. The SMILES string of the molecule is CC(C)NC(=S)N1CC[NH+](Cc2cccc3ccccc23)CC1. The van der Waals surface area contributed by atoms with E-state index < -0.39 is 0 Å². The summed E-state index contributed by atoms with van der Waals surface area (Å²) in [5.41, 5.74) is 1.45. The lowest BCUT2D eigenvalue weighted by molar-refractivity contribution is -0.917. The van der Waals surface area contributed by atoms with Crippen molar-refractivity contribution >= 4 is 28.1 Å². The van der Waals surface area contributed by atoms with Crippen LogP contribution in [-0.2, 0) is 6.54 Å². The van der Waals surface area contributed by atoms with Crippen LogP contribution in [-0.4, -0.2) is 42.2 Å². The normalized spacial score (nSPS) is 16.0. The molecule has 0 bridgehead atoms. The van der Waals surface area contributed by atoms with Gasteiger partial charge in [-0.3, -0.25) is 0 Å². The average molecular weight is 329 g/mol. The van der Waals surface area contributed by atoms with Crippen molar-refractivity contribution in [2.45, 2.75) is 26.4 Å². The van der Waals surface area contributed by atoms with Crippen molar-refractivity contribution in [3.8, 4) is 0 Å². The third-order valence-corrected chi connectivity index (χ3v) is 4.87. The van der Waals surface area contributed by atoms with Gasteiger partial charge in [0.1, 0.15) is 6.54 Å². The molecule has 0 aromatic heterocycles. The van der Waals surface area contributed by atoms with Crippen LogP contribution in [0.25, 0.3) is 10.8 Å².